The molecule has 6 atom stereocenters. The van der Waals surface area contributed by atoms with Gasteiger partial charge in [-0.05, 0) is 103 Å². The van der Waals surface area contributed by atoms with Gasteiger partial charge in [0.05, 0.1) is 25.1 Å². The van der Waals surface area contributed by atoms with Crippen LogP contribution in [0.5, 0.6) is 5.75 Å². The van der Waals surface area contributed by atoms with Crippen molar-refractivity contribution in [2.45, 2.75) is 76.0 Å². The normalized spacial score (nSPS) is 30.0. The van der Waals surface area contributed by atoms with Crippen molar-refractivity contribution in [3.05, 3.63) is 64.3 Å². The molecule has 3 fully saturated rings. The van der Waals surface area contributed by atoms with Gasteiger partial charge in [-0.15, -0.1) is 0 Å². The molecular formula is C42H61ClIN5O7S. The number of halogens is 2. The van der Waals surface area contributed by atoms with Gasteiger partial charge in [-0.25, -0.2) is 18.1 Å². The van der Waals surface area contributed by atoms with Crippen molar-refractivity contribution in [1.82, 2.24) is 19.9 Å². The highest BCUT2D eigenvalue weighted by molar-refractivity contribution is 14.1. The van der Waals surface area contributed by atoms with E-state index >= 15 is 0 Å². The molecule has 2 N–H and O–H groups in total. The lowest BCUT2D eigenvalue weighted by Crippen LogP contribution is -2.56. The molecule has 8 rings (SSSR count). The highest BCUT2D eigenvalue weighted by atomic mass is 127. The van der Waals surface area contributed by atoms with Gasteiger partial charge in [-0.3, -0.25) is 14.5 Å². The van der Waals surface area contributed by atoms with E-state index in [4.69, 9.17) is 30.8 Å². The van der Waals surface area contributed by atoms with Gasteiger partial charge in [0.25, 0.3) is 5.91 Å². The molecule has 12 nitrogen and oxygen atoms in total. The van der Waals surface area contributed by atoms with Crippen molar-refractivity contribution in [3.8, 4) is 5.75 Å². The van der Waals surface area contributed by atoms with E-state index in [9.17, 15) is 18.0 Å². The number of hydrogen-bond donors (Lipinski definition) is 2. The van der Waals surface area contributed by atoms with Crippen molar-refractivity contribution in [3.63, 3.8) is 0 Å². The molecule has 6 aliphatic rings. The Hall–Kier alpha value is -2.34. The van der Waals surface area contributed by atoms with Gasteiger partial charge < -0.3 is 24.4 Å². The Morgan fingerprint density at radius 3 is 2.72 bits per heavy atom. The fourth-order valence-electron chi connectivity index (χ4n) is 9.13. The lowest BCUT2D eigenvalue weighted by Gasteiger charge is -2.43. The summed E-state index contributed by atoms with van der Waals surface area (Å²) in [6, 6.07) is 9.95. The second-order valence-corrected chi connectivity index (χ2v) is 18.2. The van der Waals surface area contributed by atoms with Crippen LogP contribution in [0.1, 0.15) is 74.5 Å². The molecule has 1 aromatic carbocycles. The molecule has 0 radical (unpaired) electrons. The molecule has 15 heteroatoms. The maximum Gasteiger partial charge on any atom is 0.283 e. The number of alkyl halides is 1. The van der Waals surface area contributed by atoms with E-state index in [1.54, 1.807) is 18.2 Å². The van der Waals surface area contributed by atoms with Gasteiger partial charge in [0.1, 0.15) is 5.69 Å². The maximum absolute atomic E-state index is 13.5. The number of piperazine rings is 1. The molecule has 1 spiro atoms. The number of anilines is 1. The van der Waals surface area contributed by atoms with Crippen LogP contribution in [0.3, 0.4) is 0 Å². The number of carbonyl (C=O) groups excluding carboxylic acids is 2. The van der Waals surface area contributed by atoms with Crippen LogP contribution in [-0.2, 0) is 36.1 Å². The summed E-state index contributed by atoms with van der Waals surface area (Å²) in [7, 11) is -2.58. The number of nitrogens with one attached hydrogen (secondary N) is 2. The standard InChI is InChI=1S/C33H40ClN3O6S.C7H14N2O.CH3I.CH4/c1-21-5-3-7-28(38)25-10-8-23(25)18-37-19-33(15-4-6-22-17-24(34)9-11-26(22)33)20-43-29-13-12-27(35-31(29)37)32(39)36-44(40,41)30(21)14-16-42-2;1-2-9-3-4-10-6-7(9)5-8-1;1-2;/h3,7,9,11-13,17,21,23,25,30H,4-6,8,10,14-16,18-20H2,1-2H3,(H,36,39);7-8H,1-6H2;1H3;1H4/b7-3+;;;/t21-,23-,25+,30+,33-;7-;;/m00../s1. The van der Waals surface area contributed by atoms with E-state index in [2.05, 4.69) is 48.5 Å². The first-order valence-electron chi connectivity index (χ1n) is 19.9. The third kappa shape index (κ3) is 10.7. The van der Waals surface area contributed by atoms with Crippen LogP contribution in [0.4, 0.5) is 5.82 Å². The topological polar surface area (TPSA) is 139 Å². The third-order valence-corrected chi connectivity index (χ3v) is 14.5. The largest absolute Gasteiger partial charge is 0.489 e. The molecule has 0 unspecified atom stereocenters. The summed E-state index contributed by atoms with van der Waals surface area (Å²) in [5.74, 6) is -0.00478. The molecule has 57 heavy (non-hydrogen) atoms. The van der Waals surface area contributed by atoms with Gasteiger partial charge >= 0.3 is 0 Å². The van der Waals surface area contributed by atoms with Crippen molar-refractivity contribution in [1.29, 1.82) is 0 Å². The number of hydrogen-bond acceptors (Lipinski definition) is 11. The van der Waals surface area contributed by atoms with Crippen LogP contribution in [0.25, 0.3) is 0 Å². The minimum Gasteiger partial charge on any atom is -0.489 e. The number of ketones is 1. The monoisotopic (exact) mass is 941 g/mol. The first kappa shape index (κ1) is 45.7. The zero-order valence-corrected chi connectivity index (χ0v) is 36.5. The molecule has 1 aromatic heterocycles. The number of ether oxygens (including phenoxy) is 3. The van der Waals surface area contributed by atoms with Crippen molar-refractivity contribution < 1.29 is 32.2 Å². The minimum atomic E-state index is -4.09. The van der Waals surface area contributed by atoms with Gasteiger partial charge in [0, 0.05) is 75.4 Å². The lowest BCUT2D eigenvalue weighted by molar-refractivity contribution is -0.122. The van der Waals surface area contributed by atoms with Crippen molar-refractivity contribution in [2.75, 3.05) is 82.6 Å². The van der Waals surface area contributed by atoms with E-state index in [-0.39, 0.29) is 55.1 Å². The van der Waals surface area contributed by atoms with E-state index in [0.29, 0.717) is 48.7 Å². The summed E-state index contributed by atoms with van der Waals surface area (Å²) in [4.78, 5) is 38.2. The summed E-state index contributed by atoms with van der Waals surface area (Å²) in [5, 5.41) is 3.18. The molecule has 2 aromatic rings. The number of benzene rings is 1. The van der Waals surface area contributed by atoms with Crippen molar-refractivity contribution in [2.24, 2.45) is 17.8 Å². The molecular weight excluding hydrogens is 881 g/mol. The predicted molar refractivity (Wildman–Crippen MR) is 235 cm³/mol. The summed E-state index contributed by atoms with van der Waals surface area (Å²) in [6.07, 6.45) is 8.57. The smallest absolute Gasteiger partial charge is 0.283 e. The van der Waals surface area contributed by atoms with Crippen LogP contribution in [0.15, 0.2) is 42.5 Å². The first-order valence-corrected chi connectivity index (χ1v) is 24.0. The third-order valence-electron chi connectivity index (χ3n) is 12.3. The lowest BCUT2D eigenvalue weighted by atomic mass is 9.69. The number of fused-ring (bicyclic) bond motifs is 5. The molecule has 316 valence electrons. The molecule has 2 saturated heterocycles. The second kappa shape index (κ2) is 20.8. The number of morpholine rings is 1. The first-order chi connectivity index (χ1) is 27.1. The van der Waals surface area contributed by atoms with Crippen LogP contribution < -0.4 is 19.7 Å². The number of carbonyl (C=O) groups is 2. The summed E-state index contributed by atoms with van der Waals surface area (Å²) >= 11 is 8.53. The Bertz CT molecular complexity index is 1810. The Labute approximate surface area is 358 Å². The Morgan fingerprint density at radius 2 is 1.96 bits per heavy atom. The number of amides is 1. The SMILES string of the molecule is C.C1CN2CCOC[C@@H]2CN1.CI.COCC[C@@H]1[C@@H](C)C/C=C/C(=O)[C@@H]2CC[C@H]2CN2C[C@@]3(CCCc4cc(Cl)ccc43)COc3ccc(nc32)C(=O)NS1(=O)=O. The molecule has 1 amide bonds. The Morgan fingerprint density at radius 1 is 1.14 bits per heavy atom. The van der Waals surface area contributed by atoms with Crippen molar-refractivity contribution >= 4 is 61.7 Å². The molecule has 2 bridgehead atoms. The molecule has 4 aliphatic heterocycles. The second-order valence-electron chi connectivity index (χ2n) is 15.8. The average Bonchev–Trinajstić information content (AvgIpc) is 3.33. The number of nitrogens with zero attached hydrogens (tertiary/aromatic N) is 3. The van der Waals surface area contributed by atoms with Crippen LogP contribution in [0.2, 0.25) is 5.02 Å². The average molecular weight is 942 g/mol. The highest BCUT2D eigenvalue weighted by Gasteiger charge is 2.45. The minimum absolute atomic E-state index is 0. The summed E-state index contributed by atoms with van der Waals surface area (Å²) < 4.78 is 46.4. The van der Waals surface area contributed by atoms with E-state index < -0.39 is 21.2 Å². The van der Waals surface area contributed by atoms with Gasteiger partial charge in [0.15, 0.2) is 17.4 Å². The number of aryl methyl sites for hydroxylation is 1. The number of pyridine rings is 1. The molecule has 1 saturated carbocycles. The van der Waals surface area contributed by atoms with Crippen LogP contribution in [0, 0.1) is 17.8 Å². The Kier molecular flexibility index (Phi) is 16.7. The highest BCUT2D eigenvalue weighted by Crippen LogP contribution is 2.45. The van der Waals surface area contributed by atoms with Crippen LogP contribution in [-0.4, -0.2) is 119 Å². The van der Waals surface area contributed by atoms with E-state index in [0.717, 1.165) is 65.0 Å². The number of methoxy groups -OCH3 is 1. The molecule has 5 heterocycles. The number of allylic oxidation sites excluding steroid dienone is 2. The fraction of sp³-hybridized carbons (Fsp3) is 0.643. The van der Waals surface area contributed by atoms with Gasteiger partial charge in [-0.1, -0.05) is 60.7 Å². The molecule has 2 aliphatic carbocycles. The summed E-state index contributed by atoms with van der Waals surface area (Å²) in [5.41, 5.74) is 2.08. The zero-order valence-electron chi connectivity index (χ0n) is 32.8. The quantitative estimate of drug-likeness (QED) is 0.284. The summed E-state index contributed by atoms with van der Waals surface area (Å²) in [6.45, 7) is 10.1. The van der Waals surface area contributed by atoms with Crippen LogP contribution >= 0.6 is 34.2 Å². The predicted octanol–water partition coefficient (Wildman–Crippen LogP) is 5.84. The van der Waals surface area contributed by atoms with Gasteiger partial charge in [0.2, 0.25) is 10.0 Å². The Balaban J connectivity index is 0.000000409. The number of rotatable bonds is 3. The zero-order chi connectivity index (χ0) is 39.9. The fourth-order valence-corrected chi connectivity index (χ4v) is 11.0. The maximum atomic E-state index is 13.5. The van der Waals surface area contributed by atoms with E-state index in [1.165, 1.54) is 30.8 Å². The number of aromatic nitrogens is 1. The number of sulfonamides is 1. The van der Waals surface area contributed by atoms with Gasteiger partial charge in [-0.2, -0.15) is 0 Å². The van der Waals surface area contributed by atoms with E-state index in [1.807, 2.05) is 24.0 Å².